The largest absolute Gasteiger partial charge is 0.493 e. The summed E-state index contributed by atoms with van der Waals surface area (Å²) in [6.07, 6.45) is 9.19. The summed E-state index contributed by atoms with van der Waals surface area (Å²) in [6, 6.07) is 7.52. The second kappa shape index (κ2) is 11.2. The molecule has 1 aliphatic carbocycles. The van der Waals surface area contributed by atoms with Crippen LogP contribution in [0.25, 0.3) is 0 Å². The number of amides is 1. The third-order valence-electron chi connectivity index (χ3n) is 6.90. The third kappa shape index (κ3) is 6.31. The molecule has 3 N–H and O–H groups in total. The van der Waals surface area contributed by atoms with Gasteiger partial charge in [-0.3, -0.25) is 19.0 Å². The summed E-state index contributed by atoms with van der Waals surface area (Å²) in [6.45, 7) is 5.16. The molecule has 0 spiro atoms. The minimum absolute atomic E-state index is 0.125. The molecule has 4 rings (SSSR count). The van der Waals surface area contributed by atoms with Crippen molar-refractivity contribution in [3.8, 4) is 11.8 Å². The maximum absolute atomic E-state index is 12.9. The molecule has 2 aliphatic rings. The van der Waals surface area contributed by atoms with Crippen molar-refractivity contribution in [3.63, 3.8) is 0 Å². The van der Waals surface area contributed by atoms with Gasteiger partial charge in [-0.05, 0) is 59.9 Å². The van der Waals surface area contributed by atoms with Crippen LogP contribution in [0.5, 0.6) is 5.75 Å². The van der Waals surface area contributed by atoms with Crippen LogP contribution in [0.15, 0.2) is 23.1 Å². The molecule has 1 amide bonds. The molecule has 7 nitrogen and oxygen atoms in total. The normalized spacial score (nSPS) is 17.4. The second-order valence-corrected chi connectivity index (χ2v) is 13.3. The molecular weight excluding hydrogens is 480 g/mol. The van der Waals surface area contributed by atoms with Crippen molar-refractivity contribution in [2.24, 2.45) is 11.1 Å². The summed E-state index contributed by atoms with van der Waals surface area (Å²) in [5.74, 6) is 1.03. The first-order valence-electron chi connectivity index (χ1n) is 12.5. The predicted octanol–water partition coefficient (Wildman–Crippen LogP) is 4.02. The number of thiophene rings is 1. The Morgan fingerprint density at radius 1 is 1.34 bits per heavy atom. The van der Waals surface area contributed by atoms with Crippen LogP contribution in [0.1, 0.15) is 60.6 Å². The molecule has 1 fully saturated rings. The molecule has 190 valence electrons. The van der Waals surface area contributed by atoms with Crippen molar-refractivity contribution < 1.29 is 13.7 Å². The molecule has 1 aliphatic heterocycles. The summed E-state index contributed by atoms with van der Waals surface area (Å²) in [7, 11) is -2.99. The number of fused-ring (bicyclic) bond motifs is 1. The lowest BCUT2D eigenvalue weighted by atomic mass is 9.88. The molecule has 0 bridgehead atoms. The zero-order valence-electron chi connectivity index (χ0n) is 20.6. The van der Waals surface area contributed by atoms with E-state index in [0.717, 1.165) is 43.1 Å². The van der Waals surface area contributed by atoms with Gasteiger partial charge in [0.1, 0.15) is 16.8 Å². The van der Waals surface area contributed by atoms with E-state index in [1.165, 1.54) is 54.6 Å². The lowest BCUT2D eigenvalue weighted by molar-refractivity contribution is -0.115. The zero-order chi connectivity index (χ0) is 25.0. The van der Waals surface area contributed by atoms with E-state index in [-0.39, 0.29) is 12.3 Å². The van der Waals surface area contributed by atoms with Gasteiger partial charge >= 0.3 is 0 Å². The highest BCUT2D eigenvalue weighted by molar-refractivity contribution is 8.00. The molecule has 35 heavy (non-hydrogen) atoms. The monoisotopic (exact) mass is 516 g/mol. The number of thiol groups is 1. The third-order valence-corrected chi connectivity index (χ3v) is 9.43. The number of carbonyl (C=O) groups is 1. The number of hydrogen-bond donors (Lipinski definition) is 3. The fraction of sp³-hybridized carbons (Fsp3) is 0.538. The first-order chi connectivity index (χ1) is 16.8. The van der Waals surface area contributed by atoms with E-state index in [4.69, 9.17) is 9.88 Å². The maximum Gasteiger partial charge on any atom is 0.229 e. The van der Waals surface area contributed by atoms with Crippen LogP contribution >= 0.6 is 11.3 Å². The van der Waals surface area contributed by atoms with Crippen LogP contribution in [0.2, 0.25) is 0 Å². The molecule has 2 aromatic rings. The van der Waals surface area contributed by atoms with E-state index in [0.29, 0.717) is 27.8 Å². The zero-order valence-corrected chi connectivity index (χ0v) is 22.4. The number of nitrogens with zero attached hydrogens (tertiary/aromatic N) is 2. The number of carbonyl (C=O) groups excluding carboxylic acids is 1. The van der Waals surface area contributed by atoms with Crippen LogP contribution in [0.3, 0.4) is 0 Å². The van der Waals surface area contributed by atoms with Crippen LogP contribution in [-0.4, -0.2) is 41.0 Å². The van der Waals surface area contributed by atoms with Gasteiger partial charge in [0.25, 0.3) is 0 Å². The van der Waals surface area contributed by atoms with Gasteiger partial charge in [-0.1, -0.05) is 25.3 Å². The quantitative estimate of drug-likeness (QED) is 0.459. The first kappa shape index (κ1) is 25.8. The number of benzene rings is 1. The van der Waals surface area contributed by atoms with Crippen molar-refractivity contribution in [1.82, 2.24) is 4.90 Å². The Morgan fingerprint density at radius 3 is 2.80 bits per heavy atom. The van der Waals surface area contributed by atoms with Crippen LogP contribution in [-0.2, 0) is 34.3 Å². The molecule has 9 heteroatoms. The van der Waals surface area contributed by atoms with Crippen molar-refractivity contribution in [2.75, 3.05) is 31.3 Å². The molecular formula is C26H36N4O3S2. The van der Waals surface area contributed by atoms with E-state index in [2.05, 4.69) is 16.3 Å². The van der Waals surface area contributed by atoms with E-state index in [9.17, 15) is 14.3 Å². The van der Waals surface area contributed by atoms with E-state index >= 15 is 0 Å². The van der Waals surface area contributed by atoms with E-state index in [1.54, 1.807) is 18.2 Å². The molecule has 1 saturated carbocycles. The SMILES string of the molecule is CCOc1cc(CC(=O)Nc2sc3c(c2C#N)CN(CC2CCCCC2)CC3)ccc1[SH](C)(N)=O. The molecule has 0 atom stereocenters. The van der Waals surface area contributed by atoms with Gasteiger partial charge in [0.2, 0.25) is 5.91 Å². The lowest BCUT2D eigenvalue weighted by Crippen LogP contribution is -2.34. The summed E-state index contributed by atoms with van der Waals surface area (Å²) in [5, 5.41) is 19.4. The smallest absolute Gasteiger partial charge is 0.229 e. The molecule has 1 aromatic heterocycles. The number of nitrogens with one attached hydrogen (secondary N) is 1. The van der Waals surface area contributed by atoms with Gasteiger partial charge in [0, 0.05) is 36.3 Å². The Labute approximate surface area is 213 Å². The van der Waals surface area contributed by atoms with Crippen molar-refractivity contribution in [1.29, 1.82) is 5.26 Å². The fourth-order valence-electron chi connectivity index (χ4n) is 5.20. The molecule has 2 heterocycles. The van der Waals surface area contributed by atoms with Crippen molar-refractivity contribution >= 4 is 32.4 Å². The predicted molar refractivity (Wildman–Crippen MR) is 142 cm³/mol. The Kier molecular flexibility index (Phi) is 8.27. The Bertz CT molecular complexity index is 1160. The standard InChI is InChI=1S/C26H36N4O3S2/c1-3-33-22-13-19(9-10-24(22)35(2,28)32)14-25(31)29-26-20(15-27)21-17-30(12-11-23(21)34-26)16-18-7-5-4-6-8-18/h9-10,13,18,35H,3-8,11-12,14,16-17H2,1-2H3,(H2,28,32)(H,29,31). The van der Waals surface area contributed by atoms with Crippen molar-refractivity contribution in [3.05, 3.63) is 39.8 Å². The van der Waals surface area contributed by atoms with E-state index < -0.39 is 10.1 Å². The van der Waals surface area contributed by atoms with Gasteiger partial charge in [0.15, 0.2) is 0 Å². The maximum atomic E-state index is 12.9. The summed E-state index contributed by atoms with van der Waals surface area (Å²) >= 11 is 1.53. The van der Waals surface area contributed by atoms with Gasteiger partial charge in [-0.25, -0.2) is 0 Å². The van der Waals surface area contributed by atoms with Crippen LogP contribution in [0, 0.1) is 17.2 Å². The van der Waals surface area contributed by atoms with Crippen LogP contribution in [0.4, 0.5) is 5.00 Å². The van der Waals surface area contributed by atoms with Gasteiger partial charge in [-0.2, -0.15) is 5.26 Å². The average Bonchev–Trinajstić information content (AvgIpc) is 3.15. The topological polar surface area (TPSA) is 108 Å². The Hall–Kier alpha value is -2.25. The highest BCUT2D eigenvalue weighted by atomic mass is 32.3. The first-order valence-corrected chi connectivity index (χ1v) is 15.5. The number of rotatable bonds is 8. The number of hydrogen-bond acceptors (Lipinski definition) is 6. The number of anilines is 1. The lowest BCUT2D eigenvalue weighted by Gasteiger charge is -2.32. The van der Waals surface area contributed by atoms with Gasteiger partial charge < -0.3 is 10.1 Å². The summed E-state index contributed by atoms with van der Waals surface area (Å²) in [5.41, 5.74) is 2.42. The molecule has 1 aromatic carbocycles. The van der Waals surface area contributed by atoms with Crippen LogP contribution < -0.4 is 15.2 Å². The van der Waals surface area contributed by atoms with Gasteiger partial charge in [0.05, 0.1) is 23.5 Å². The summed E-state index contributed by atoms with van der Waals surface area (Å²) in [4.78, 5) is 17.1. The number of nitrogens with two attached hydrogens (primary N) is 1. The van der Waals surface area contributed by atoms with Crippen molar-refractivity contribution in [2.45, 2.75) is 63.3 Å². The number of nitriles is 1. The second-order valence-electron chi connectivity index (χ2n) is 9.76. The average molecular weight is 517 g/mol. The summed E-state index contributed by atoms with van der Waals surface area (Å²) < 4.78 is 18.0. The Balaban J connectivity index is 1.45. The number of ether oxygens (including phenoxy) is 1. The van der Waals surface area contributed by atoms with E-state index in [1.807, 2.05) is 6.92 Å². The molecule has 0 unspecified atom stereocenters. The van der Waals surface area contributed by atoms with Gasteiger partial charge in [-0.15, -0.1) is 11.3 Å². The highest BCUT2D eigenvalue weighted by Gasteiger charge is 2.27. The molecule has 0 radical (unpaired) electrons. The Morgan fingerprint density at radius 2 is 2.11 bits per heavy atom. The fourth-order valence-corrected chi connectivity index (χ4v) is 7.31. The highest BCUT2D eigenvalue weighted by Crippen LogP contribution is 2.37. The molecule has 0 saturated heterocycles. The minimum atomic E-state index is -2.99. The minimum Gasteiger partial charge on any atom is -0.493 e.